The van der Waals surface area contributed by atoms with Crippen molar-refractivity contribution in [1.82, 2.24) is 0 Å². The Hall–Kier alpha value is 1.47. The molecule has 0 nitrogen and oxygen atoms in total. The van der Waals surface area contributed by atoms with Crippen molar-refractivity contribution in [3.8, 4) is 0 Å². The minimum atomic E-state index is -0.484. The summed E-state index contributed by atoms with van der Waals surface area (Å²) in [6, 6.07) is -0.484. The van der Waals surface area contributed by atoms with Crippen LogP contribution in [0.15, 0.2) is 0 Å². The molecule has 0 aliphatic rings. The molecule has 31 valence electrons. The maximum absolute atomic E-state index is 5.29. The fourth-order valence-electron chi connectivity index (χ4n) is 0. The van der Waals surface area contributed by atoms with Gasteiger partial charge in [-0.25, -0.2) is 0 Å². The highest BCUT2D eigenvalue weighted by atomic mass is 79.9. The van der Waals surface area contributed by atoms with Gasteiger partial charge in [0.2, 0.25) is 6.04 Å². The van der Waals surface area contributed by atoms with E-state index in [1.807, 2.05) is 0 Å². The first-order chi connectivity index (χ1) is 2.27. The summed E-state index contributed by atoms with van der Waals surface area (Å²) >= 11 is 11.8. The highest BCUT2D eigenvalue weighted by Gasteiger charge is 1.93. The van der Waals surface area contributed by atoms with Gasteiger partial charge in [0.25, 0.3) is 0 Å². The van der Waals surface area contributed by atoms with Gasteiger partial charge in [-0.2, -0.15) is 0 Å². The largest absolute Gasteiger partial charge is 0.231 e. The normalized spacial score (nSPS) is 9.60. The highest BCUT2D eigenvalue weighted by molar-refractivity contribution is 9.49. The zero-order valence-electron chi connectivity index (χ0n) is 2.34. The Morgan fingerprint density at radius 3 is 1.80 bits per heavy atom. The summed E-state index contributed by atoms with van der Waals surface area (Å²) in [7, 11) is 0. The van der Waals surface area contributed by atoms with Crippen LogP contribution in [0.3, 0.4) is 0 Å². The third-order valence-electron chi connectivity index (χ3n) is 0.101. The minimum Gasteiger partial charge on any atom is -0.128 e. The first-order valence-corrected chi connectivity index (χ1v) is 7.75. The van der Waals surface area contributed by atoms with Crippen molar-refractivity contribution in [2.24, 2.45) is 0 Å². The number of halogens is 3. The summed E-state index contributed by atoms with van der Waals surface area (Å²) in [5.41, 5.74) is 0.713. The van der Waals surface area contributed by atoms with E-state index in [0.717, 1.165) is 0 Å². The molecule has 0 aromatic rings. The second-order valence-electron chi connectivity index (χ2n) is 0.472. The lowest BCUT2D eigenvalue weighted by Crippen LogP contribution is -1.89. The predicted molar refractivity (Wildman–Crippen MR) is 34.3 cm³/mol. The van der Waals surface area contributed by atoms with Gasteiger partial charge in [-0.15, -0.1) is 42.2 Å². The van der Waals surface area contributed by atoms with Crippen LogP contribution >= 0.6 is 42.2 Å². The smallest absolute Gasteiger partial charge is 0.128 e. The summed E-state index contributed by atoms with van der Waals surface area (Å²) in [5, 5.41) is 0. The van der Waals surface area contributed by atoms with Crippen molar-refractivity contribution in [1.29, 1.82) is 0 Å². The van der Waals surface area contributed by atoms with Crippen LogP contribution in [-0.2, 0) is 0 Å². The van der Waals surface area contributed by atoms with Crippen molar-refractivity contribution in [2.45, 2.75) is 0 Å². The molecular weight excluding hydrogens is 235 g/mol. The van der Waals surface area contributed by atoms with Gasteiger partial charge in [-0.05, 0) is 0 Å². The molecule has 5 heavy (non-hydrogen) atoms. The van der Waals surface area contributed by atoms with Crippen molar-refractivity contribution in [2.75, 3.05) is 5.50 Å². The topological polar surface area (TPSA) is 0 Å². The molecule has 0 aromatic carbocycles. The van der Waals surface area contributed by atoms with Gasteiger partial charge in [0, 0.05) is 5.50 Å². The minimum absolute atomic E-state index is 0.484. The Bertz CT molecular complexity index is 23.6. The molecule has 0 aromatic heterocycles. The van der Waals surface area contributed by atoms with Gasteiger partial charge in [-0.1, -0.05) is 0 Å². The highest BCUT2D eigenvalue weighted by Crippen LogP contribution is 2.02. The van der Waals surface area contributed by atoms with Crippen molar-refractivity contribution < 1.29 is 0 Å². The Morgan fingerprint density at radius 1 is 1.60 bits per heavy atom. The lowest BCUT2D eigenvalue weighted by atomic mass is 11.9. The van der Waals surface area contributed by atoms with Crippen LogP contribution in [0, 0.1) is 0 Å². The van der Waals surface area contributed by atoms with E-state index in [-0.39, 0.29) is 0 Å². The third-order valence-corrected chi connectivity index (χ3v) is 4.72. The van der Waals surface area contributed by atoms with Gasteiger partial charge in [0.15, 0.2) is 0 Å². The summed E-state index contributed by atoms with van der Waals surface area (Å²) in [5.74, 6) is 0. The second kappa shape index (κ2) is 3.65. The number of hydrogen-bond acceptors (Lipinski definition) is 0. The molecule has 0 bridgehead atoms. The molecule has 0 aliphatic carbocycles. The Kier molecular flexibility index (Phi) is 4.72. The molecule has 0 unspecified atom stereocenters. The van der Waals surface area contributed by atoms with E-state index < -0.39 is 6.04 Å². The van der Waals surface area contributed by atoms with Gasteiger partial charge < -0.3 is 0 Å². The summed E-state index contributed by atoms with van der Waals surface area (Å²) in [6.07, 6.45) is 0. The molecule has 0 rings (SSSR count). The second-order valence-corrected chi connectivity index (χ2v) is 11.2. The van der Waals surface area contributed by atoms with Gasteiger partial charge >= 0.3 is 0 Å². The van der Waals surface area contributed by atoms with E-state index in [2.05, 4.69) is 30.6 Å². The lowest BCUT2D eigenvalue weighted by molar-refractivity contribution is 2.18. The first-order valence-electron chi connectivity index (χ1n) is 0.999. The number of rotatable bonds is 1. The van der Waals surface area contributed by atoms with E-state index in [9.17, 15) is 0 Å². The van der Waals surface area contributed by atoms with Crippen LogP contribution in [-0.4, -0.2) is 11.5 Å². The van der Waals surface area contributed by atoms with E-state index in [1.165, 1.54) is 0 Å². The molecule has 0 atom stereocenters. The maximum Gasteiger partial charge on any atom is 0.231 e. The Labute approximate surface area is 53.7 Å². The van der Waals surface area contributed by atoms with Crippen molar-refractivity contribution >= 4 is 48.2 Å². The number of hydrogen-bond donors (Lipinski definition) is 0. The van der Waals surface area contributed by atoms with Crippen molar-refractivity contribution in [3.63, 3.8) is 0 Å². The van der Waals surface area contributed by atoms with E-state index in [0.29, 0.717) is 5.50 Å². The molecule has 0 saturated carbocycles. The fraction of sp³-hybridized carbons (Fsp3) is 1.00. The predicted octanol–water partition coefficient (Wildman–Crippen LogP) is 2.04. The van der Waals surface area contributed by atoms with Crippen LogP contribution in [0.1, 0.15) is 0 Å². The number of alkyl halides is 1. The first kappa shape index (κ1) is 6.47. The summed E-state index contributed by atoms with van der Waals surface area (Å²) < 4.78 is 0. The summed E-state index contributed by atoms with van der Waals surface area (Å²) in [4.78, 5) is 0. The molecule has 0 aliphatic heterocycles. The van der Waals surface area contributed by atoms with E-state index in [1.54, 1.807) is 0 Å². The van der Waals surface area contributed by atoms with E-state index in [4.69, 9.17) is 11.6 Å². The molecule has 0 amide bonds. The molecule has 0 saturated heterocycles. The average molecular weight is 237 g/mol. The molecule has 0 spiro atoms. The van der Waals surface area contributed by atoms with Gasteiger partial charge in [0.1, 0.15) is 0 Å². The fourth-order valence-corrected chi connectivity index (χ4v) is 0. The van der Waals surface area contributed by atoms with Gasteiger partial charge in [0.05, 0.1) is 0 Å². The molecular formula is CH2Br2ClSi. The molecule has 0 fully saturated rings. The van der Waals surface area contributed by atoms with Crippen molar-refractivity contribution in [3.05, 3.63) is 0 Å². The zero-order chi connectivity index (χ0) is 4.28. The molecule has 0 N–H and O–H groups in total. The van der Waals surface area contributed by atoms with Crippen LogP contribution in [0.25, 0.3) is 0 Å². The lowest BCUT2D eigenvalue weighted by Gasteiger charge is -1.78. The molecule has 4 heteroatoms. The standard InChI is InChI=1S/CH2Br2ClSi/c2-5(3)1-4/h1H2. The third kappa shape index (κ3) is 5.47. The monoisotopic (exact) mass is 235 g/mol. The van der Waals surface area contributed by atoms with Crippen LogP contribution in [0.2, 0.25) is 0 Å². The zero-order valence-corrected chi connectivity index (χ0v) is 7.27. The SMILES string of the molecule is ClC[Si](Br)Br. The molecule has 1 radical (unpaired) electrons. The Balaban J connectivity index is 2.54. The van der Waals surface area contributed by atoms with Gasteiger partial charge in [-0.3, -0.25) is 0 Å². The Morgan fingerprint density at radius 2 is 1.80 bits per heavy atom. The maximum atomic E-state index is 5.29. The van der Waals surface area contributed by atoms with Crippen LogP contribution < -0.4 is 0 Å². The van der Waals surface area contributed by atoms with Crippen LogP contribution in [0.4, 0.5) is 0 Å². The van der Waals surface area contributed by atoms with Crippen LogP contribution in [0.5, 0.6) is 0 Å². The molecule has 0 heterocycles. The summed E-state index contributed by atoms with van der Waals surface area (Å²) in [6.45, 7) is 0. The van der Waals surface area contributed by atoms with E-state index >= 15 is 0 Å². The quantitative estimate of drug-likeness (QED) is 0.372. The average Bonchev–Trinajstić information content (AvgIpc) is 1.38.